The minimum absolute atomic E-state index is 0.452. The Balaban J connectivity index is 3.79. The molecule has 0 aromatic carbocycles. The molecule has 1 rings (SSSR count). The fourth-order valence-corrected chi connectivity index (χ4v) is 1.66. The number of halogens is 12. The molecule has 15 heteroatoms. The number of rotatable bonds is 0. The Morgan fingerprint density at radius 3 is 0.955 bits per heavy atom. The first-order chi connectivity index (χ1) is 9.21. The third-order valence-electron chi connectivity index (χ3n) is 3.07. The normalized spacial score (nSPS) is 37.9. The first-order valence-corrected chi connectivity index (χ1v) is 4.85. The fourth-order valence-electron chi connectivity index (χ4n) is 1.66. The van der Waals surface area contributed by atoms with Crippen LogP contribution in [0.4, 0.5) is 52.7 Å². The molecule has 3 nitrogen and oxygen atoms in total. The van der Waals surface area contributed by atoms with E-state index >= 15 is 0 Å². The Hall–Kier alpha value is -0.960. The molecule has 1 saturated heterocycles. The van der Waals surface area contributed by atoms with Gasteiger partial charge in [0.1, 0.15) is 0 Å². The van der Waals surface area contributed by atoms with Crippen LogP contribution in [0.3, 0.4) is 0 Å². The number of nitrogens with one attached hydrogen (secondary N) is 1. The lowest BCUT2D eigenvalue weighted by molar-refractivity contribution is -0.439. The summed E-state index contributed by atoms with van der Waals surface area (Å²) in [5.41, 5.74) is -3.92. The highest BCUT2D eigenvalue weighted by molar-refractivity contribution is 5.25. The van der Waals surface area contributed by atoms with Crippen molar-refractivity contribution >= 4 is 0 Å². The van der Waals surface area contributed by atoms with Crippen LogP contribution in [-0.4, -0.2) is 41.4 Å². The molecule has 0 amide bonds. The van der Waals surface area contributed by atoms with Crippen LogP contribution in [0, 0.1) is 0 Å². The van der Waals surface area contributed by atoms with E-state index in [1.54, 1.807) is 0 Å². The van der Waals surface area contributed by atoms with E-state index in [1.807, 2.05) is 0 Å². The first kappa shape index (κ1) is 19.1. The lowest BCUT2D eigenvalue weighted by atomic mass is 9.79. The molecule has 1 aliphatic heterocycles. The zero-order valence-corrected chi connectivity index (χ0v) is 9.69. The highest BCUT2D eigenvalue weighted by Gasteiger charge is 2.95. The molecule has 0 saturated carbocycles. The SMILES string of the molecule is N[C@]1(C(F)(F)F)N[C@](N)(C(F)(F)F)C(F)(F)C(F)(F)C1(F)F. The maximum Gasteiger partial charge on any atom is 0.426 e. The maximum atomic E-state index is 13.2. The summed E-state index contributed by atoms with van der Waals surface area (Å²) >= 11 is 0. The van der Waals surface area contributed by atoms with Gasteiger partial charge in [0.15, 0.2) is 0 Å². The molecule has 2 atom stereocenters. The van der Waals surface area contributed by atoms with E-state index < -0.39 is 46.8 Å². The zero-order valence-electron chi connectivity index (χ0n) is 9.69. The van der Waals surface area contributed by atoms with Gasteiger partial charge in [0.05, 0.1) is 0 Å². The summed E-state index contributed by atoms with van der Waals surface area (Å²) in [6.45, 7) is 0. The second-order valence-corrected chi connectivity index (χ2v) is 4.46. The van der Waals surface area contributed by atoms with Crippen LogP contribution in [0.1, 0.15) is 0 Å². The van der Waals surface area contributed by atoms with Crippen LogP contribution in [0.25, 0.3) is 0 Å². The van der Waals surface area contributed by atoms with E-state index in [9.17, 15) is 52.7 Å². The van der Waals surface area contributed by atoms with E-state index in [2.05, 4.69) is 11.5 Å². The minimum Gasteiger partial charge on any atom is -0.300 e. The van der Waals surface area contributed by atoms with E-state index in [1.165, 1.54) is 0 Å². The van der Waals surface area contributed by atoms with Gasteiger partial charge >= 0.3 is 30.1 Å². The topological polar surface area (TPSA) is 64.1 Å². The Morgan fingerprint density at radius 1 is 0.545 bits per heavy atom. The van der Waals surface area contributed by atoms with Gasteiger partial charge in [0.2, 0.25) is 11.3 Å². The van der Waals surface area contributed by atoms with Crippen LogP contribution >= 0.6 is 0 Å². The average Bonchev–Trinajstić information content (AvgIpc) is 2.23. The van der Waals surface area contributed by atoms with Crippen molar-refractivity contribution in [2.75, 3.05) is 0 Å². The summed E-state index contributed by atoms with van der Waals surface area (Å²) in [7, 11) is 0. The van der Waals surface area contributed by atoms with Gasteiger partial charge in [-0.15, -0.1) is 0 Å². The second kappa shape index (κ2) is 4.11. The van der Waals surface area contributed by atoms with Gasteiger partial charge in [0.25, 0.3) is 0 Å². The Morgan fingerprint density at radius 2 is 0.773 bits per heavy atom. The van der Waals surface area contributed by atoms with Crippen molar-refractivity contribution in [2.24, 2.45) is 11.5 Å². The van der Waals surface area contributed by atoms with Gasteiger partial charge in [-0.2, -0.15) is 52.7 Å². The molecule has 1 heterocycles. The van der Waals surface area contributed by atoms with Gasteiger partial charge in [-0.3, -0.25) is 5.32 Å². The summed E-state index contributed by atoms with van der Waals surface area (Å²) in [6, 6.07) is 0. The van der Waals surface area contributed by atoms with Crippen molar-refractivity contribution < 1.29 is 52.7 Å². The largest absolute Gasteiger partial charge is 0.426 e. The third-order valence-corrected chi connectivity index (χ3v) is 3.07. The van der Waals surface area contributed by atoms with E-state index in [0.29, 0.717) is 0 Å². The van der Waals surface area contributed by atoms with Gasteiger partial charge < -0.3 is 11.5 Å². The maximum absolute atomic E-state index is 13.2. The molecule has 0 aromatic rings. The van der Waals surface area contributed by atoms with Gasteiger partial charge in [-0.05, 0) is 0 Å². The fraction of sp³-hybridized carbons (Fsp3) is 1.00. The molecule has 0 aliphatic carbocycles. The van der Waals surface area contributed by atoms with Crippen LogP contribution < -0.4 is 16.8 Å². The smallest absolute Gasteiger partial charge is 0.300 e. The highest BCUT2D eigenvalue weighted by atomic mass is 19.4. The number of piperidine rings is 1. The van der Waals surface area contributed by atoms with Crippen molar-refractivity contribution in [2.45, 2.75) is 41.4 Å². The van der Waals surface area contributed by atoms with Gasteiger partial charge in [-0.25, -0.2) is 0 Å². The number of hydrogen-bond donors (Lipinski definition) is 3. The molecule has 5 N–H and O–H groups in total. The lowest BCUT2D eigenvalue weighted by Crippen LogP contribution is -2.96. The minimum atomic E-state index is -7.17. The molecule has 132 valence electrons. The van der Waals surface area contributed by atoms with Crippen LogP contribution in [-0.2, 0) is 0 Å². The molecule has 22 heavy (non-hydrogen) atoms. The molecule has 0 radical (unpaired) electrons. The van der Waals surface area contributed by atoms with Crippen LogP contribution in [0.5, 0.6) is 0 Å². The summed E-state index contributed by atoms with van der Waals surface area (Å²) in [6.07, 6.45) is -13.4. The molecular weight excluding hydrogens is 354 g/mol. The number of hydrogen-bond acceptors (Lipinski definition) is 3. The van der Waals surface area contributed by atoms with E-state index in [-0.39, 0.29) is 0 Å². The van der Waals surface area contributed by atoms with Crippen molar-refractivity contribution in [3.8, 4) is 0 Å². The number of nitrogens with two attached hydrogens (primary N) is 2. The summed E-state index contributed by atoms with van der Waals surface area (Å²) in [4.78, 5) is 0. The Labute approximate surface area is 112 Å². The molecule has 0 bridgehead atoms. The van der Waals surface area contributed by atoms with Crippen LogP contribution in [0.2, 0.25) is 0 Å². The molecule has 0 spiro atoms. The lowest BCUT2D eigenvalue weighted by Gasteiger charge is -2.55. The molecule has 1 aliphatic rings. The summed E-state index contributed by atoms with van der Waals surface area (Å²) in [5, 5.41) is -0.452. The van der Waals surface area contributed by atoms with Crippen molar-refractivity contribution in [3.63, 3.8) is 0 Å². The van der Waals surface area contributed by atoms with Gasteiger partial charge in [0, 0.05) is 0 Å². The van der Waals surface area contributed by atoms with Crippen LogP contribution in [0.15, 0.2) is 0 Å². The third kappa shape index (κ3) is 1.78. The molecule has 0 aromatic heterocycles. The summed E-state index contributed by atoms with van der Waals surface area (Å²) < 4.78 is 154. The van der Waals surface area contributed by atoms with Crippen molar-refractivity contribution in [3.05, 3.63) is 0 Å². The second-order valence-electron chi connectivity index (χ2n) is 4.46. The zero-order chi connectivity index (χ0) is 18.2. The quantitative estimate of drug-likeness (QED) is 0.580. The van der Waals surface area contributed by atoms with Gasteiger partial charge in [-0.1, -0.05) is 0 Å². The van der Waals surface area contributed by atoms with E-state index in [4.69, 9.17) is 0 Å². The predicted octanol–water partition coefficient (Wildman–Crippen LogP) is 1.93. The molecular formula is C7H5F12N3. The van der Waals surface area contributed by atoms with Crippen molar-refractivity contribution in [1.29, 1.82) is 0 Å². The molecule has 1 fully saturated rings. The molecule has 0 unspecified atom stereocenters. The highest BCUT2D eigenvalue weighted by Crippen LogP contribution is 2.61. The van der Waals surface area contributed by atoms with E-state index in [0.717, 1.165) is 0 Å². The standard InChI is InChI=1S/C7H5F12N3/c8-1(9)2(10,11)4(20,6(14,15)16)22-5(21,3(1,12)13)7(17,18)19/h22H,20-21H2/t4-,5-/m0/s1. The van der Waals surface area contributed by atoms with Crippen molar-refractivity contribution in [1.82, 2.24) is 5.32 Å². The monoisotopic (exact) mass is 359 g/mol. The first-order valence-electron chi connectivity index (χ1n) is 4.85. The Bertz CT molecular complexity index is 426. The summed E-state index contributed by atoms with van der Waals surface area (Å²) in [5.74, 6) is -20.9. The Kier molecular flexibility index (Phi) is 3.57. The average molecular weight is 359 g/mol. The predicted molar refractivity (Wildman–Crippen MR) is 43.9 cm³/mol. The number of alkyl halides is 12.